The number of amides is 1. The molecule has 144 valence electrons. The zero-order valence-electron chi connectivity index (χ0n) is 16.5. The van der Waals surface area contributed by atoms with Crippen LogP contribution in [0.25, 0.3) is 0 Å². The highest BCUT2D eigenvalue weighted by Crippen LogP contribution is 2.49. The molecular formula is C26H24N2O. The smallest absolute Gasteiger partial charge is 0.258 e. The van der Waals surface area contributed by atoms with E-state index in [1.165, 1.54) is 11.1 Å². The number of fused-ring (bicyclic) bond motifs is 3. The Morgan fingerprint density at radius 3 is 2.45 bits per heavy atom. The zero-order chi connectivity index (χ0) is 19.8. The van der Waals surface area contributed by atoms with Gasteiger partial charge in [-0.3, -0.25) is 4.79 Å². The number of nitrogens with zero attached hydrogens (tertiary/aromatic N) is 1. The lowest BCUT2D eigenvalue weighted by molar-refractivity contribution is 0.0993. The van der Waals surface area contributed by atoms with Crippen LogP contribution in [0.2, 0.25) is 0 Å². The molecule has 1 aliphatic carbocycles. The average molecular weight is 380 g/mol. The molecule has 29 heavy (non-hydrogen) atoms. The Bertz CT molecular complexity index is 1060. The highest BCUT2D eigenvalue weighted by atomic mass is 16.2. The van der Waals surface area contributed by atoms with Gasteiger partial charge in [-0.05, 0) is 53.8 Å². The van der Waals surface area contributed by atoms with E-state index in [1.807, 2.05) is 43.4 Å². The van der Waals surface area contributed by atoms with Gasteiger partial charge in [-0.15, -0.1) is 0 Å². The van der Waals surface area contributed by atoms with Crippen molar-refractivity contribution in [3.63, 3.8) is 0 Å². The molecule has 1 aliphatic heterocycles. The van der Waals surface area contributed by atoms with E-state index in [1.54, 1.807) is 4.90 Å². The van der Waals surface area contributed by atoms with Crippen molar-refractivity contribution in [2.75, 3.05) is 17.3 Å². The maximum atomic E-state index is 13.1. The molecule has 0 bridgehead atoms. The second-order valence-electron chi connectivity index (χ2n) is 7.89. The van der Waals surface area contributed by atoms with Gasteiger partial charge in [0.1, 0.15) is 0 Å². The molecule has 0 spiro atoms. The van der Waals surface area contributed by atoms with E-state index in [0.29, 0.717) is 11.8 Å². The Labute approximate surface area is 171 Å². The number of hydrogen-bond acceptors (Lipinski definition) is 2. The Balaban J connectivity index is 1.48. The van der Waals surface area contributed by atoms with Crippen LogP contribution in [0, 0.1) is 5.92 Å². The molecule has 3 heteroatoms. The monoisotopic (exact) mass is 380 g/mol. The molecule has 3 aromatic carbocycles. The van der Waals surface area contributed by atoms with E-state index < -0.39 is 0 Å². The first-order valence-corrected chi connectivity index (χ1v) is 10.2. The first kappa shape index (κ1) is 17.7. The molecular weight excluding hydrogens is 356 g/mol. The van der Waals surface area contributed by atoms with Crippen LogP contribution in [0.15, 0.2) is 91.0 Å². The largest absolute Gasteiger partial charge is 0.378 e. The van der Waals surface area contributed by atoms with Crippen molar-refractivity contribution in [2.24, 2.45) is 5.92 Å². The number of carbonyl (C=O) groups is 1. The van der Waals surface area contributed by atoms with Gasteiger partial charge in [0, 0.05) is 29.9 Å². The van der Waals surface area contributed by atoms with E-state index in [0.717, 1.165) is 23.4 Å². The van der Waals surface area contributed by atoms with Gasteiger partial charge in [0.25, 0.3) is 5.91 Å². The lowest BCUT2D eigenvalue weighted by Crippen LogP contribution is -2.30. The lowest BCUT2D eigenvalue weighted by Gasteiger charge is -2.37. The van der Waals surface area contributed by atoms with Crippen LogP contribution in [0.4, 0.5) is 11.4 Å². The molecule has 2 aliphatic rings. The van der Waals surface area contributed by atoms with Crippen molar-refractivity contribution in [3.8, 4) is 0 Å². The maximum absolute atomic E-state index is 13.1. The van der Waals surface area contributed by atoms with E-state index in [-0.39, 0.29) is 11.9 Å². The van der Waals surface area contributed by atoms with Crippen molar-refractivity contribution in [1.82, 2.24) is 0 Å². The zero-order valence-corrected chi connectivity index (χ0v) is 16.5. The highest BCUT2D eigenvalue weighted by molar-refractivity contribution is 6.06. The first-order chi connectivity index (χ1) is 14.2. The van der Waals surface area contributed by atoms with Crippen LogP contribution in [-0.2, 0) is 0 Å². The van der Waals surface area contributed by atoms with Crippen LogP contribution >= 0.6 is 0 Å². The molecule has 3 unspecified atom stereocenters. The third kappa shape index (κ3) is 3.13. The Morgan fingerprint density at radius 2 is 1.69 bits per heavy atom. The van der Waals surface area contributed by atoms with Gasteiger partial charge in [0.2, 0.25) is 0 Å². The molecule has 3 atom stereocenters. The van der Waals surface area contributed by atoms with E-state index in [9.17, 15) is 4.79 Å². The Hall–Kier alpha value is -3.33. The van der Waals surface area contributed by atoms with Crippen LogP contribution in [0.5, 0.6) is 0 Å². The first-order valence-electron chi connectivity index (χ1n) is 10.2. The third-order valence-corrected chi connectivity index (χ3v) is 6.22. The fourth-order valence-electron chi connectivity index (χ4n) is 4.68. The van der Waals surface area contributed by atoms with Crippen molar-refractivity contribution >= 4 is 17.3 Å². The van der Waals surface area contributed by atoms with Crippen molar-refractivity contribution in [2.45, 2.75) is 18.4 Å². The van der Waals surface area contributed by atoms with Crippen molar-refractivity contribution in [1.29, 1.82) is 0 Å². The fourth-order valence-corrected chi connectivity index (χ4v) is 4.68. The number of anilines is 2. The highest BCUT2D eigenvalue weighted by Gasteiger charge is 2.38. The van der Waals surface area contributed by atoms with E-state index >= 15 is 0 Å². The topological polar surface area (TPSA) is 32.3 Å². The van der Waals surface area contributed by atoms with Crippen LogP contribution in [0.1, 0.15) is 39.9 Å². The van der Waals surface area contributed by atoms with Gasteiger partial charge < -0.3 is 10.2 Å². The lowest BCUT2D eigenvalue weighted by atomic mass is 9.76. The number of rotatable bonds is 3. The molecule has 1 heterocycles. The quantitative estimate of drug-likeness (QED) is 0.583. The Kier molecular flexibility index (Phi) is 4.44. The van der Waals surface area contributed by atoms with Gasteiger partial charge >= 0.3 is 0 Å². The minimum atomic E-state index is 0.0164. The summed E-state index contributed by atoms with van der Waals surface area (Å²) in [6.07, 6.45) is 5.65. The molecule has 0 fully saturated rings. The molecule has 0 saturated carbocycles. The van der Waals surface area contributed by atoms with Crippen LogP contribution in [-0.4, -0.2) is 13.0 Å². The molecule has 1 amide bonds. The van der Waals surface area contributed by atoms with Crippen molar-refractivity contribution in [3.05, 3.63) is 108 Å². The number of para-hydroxylation sites is 1. The number of nitrogens with one attached hydrogen (secondary N) is 1. The van der Waals surface area contributed by atoms with E-state index in [4.69, 9.17) is 0 Å². The normalized spacial score (nSPS) is 21.8. The summed E-state index contributed by atoms with van der Waals surface area (Å²) in [7, 11) is 1.83. The number of allylic oxidation sites excluding steroid dienone is 2. The fraction of sp³-hybridized carbons (Fsp3) is 0.192. The van der Waals surface area contributed by atoms with Gasteiger partial charge in [-0.2, -0.15) is 0 Å². The second kappa shape index (κ2) is 7.25. The van der Waals surface area contributed by atoms with E-state index in [2.05, 4.69) is 59.9 Å². The maximum Gasteiger partial charge on any atom is 0.258 e. The average Bonchev–Trinajstić information content (AvgIpc) is 3.29. The third-order valence-electron chi connectivity index (χ3n) is 6.22. The van der Waals surface area contributed by atoms with Crippen molar-refractivity contribution < 1.29 is 4.79 Å². The number of carbonyl (C=O) groups excluding carboxylic acids is 1. The SMILES string of the molecule is CN(C(=O)c1ccc2c(c1)C1C=CCC1C(c1ccccc1)N2)c1ccccc1. The molecule has 3 aromatic rings. The van der Waals surface area contributed by atoms with Gasteiger partial charge in [-0.1, -0.05) is 60.7 Å². The Morgan fingerprint density at radius 1 is 0.966 bits per heavy atom. The van der Waals surface area contributed by atoms with Gasteiger partial charge in [-0.25, -0.2) is 0 Å². The number of hydrogen-bond donors (Lipinski definition) is 1. The summed E-state index contributed by atoms with van der Waals surface area (Å²) in [5.74, 6) is 0.830. The standard InChI is InChI=1S/C26H24N2O/c1-28(20-11-6-3-7-12-20)26(29)19-15-16-24-23(17-19)21-13-8-14-22(21)25(27-24)18-9-4-2-5-10-18/h2-13,15-17,21-22,25,27H,14H2,1H3. The molecule has 0 aromatic heterocycles. The predicted molar refractivity (Wildman–Crippen MR) is 118 cm³/mol. The predicted octanol–water partition coefficient (Wildman–Crippen LogP) is 5.79. The molecule has 3 nitrogen and oxygen atoms in total. The minimum absolute atomic E-state index is 0.0164. The summed E-state index contributed by atoms with van der Waals surface area (Å²) in [5.41, 5.74) is 5.31. The second-order valence-corrected chi connectivity index (χ2v) is 7.89. The van der Waals surface area contributed by atoms with Crippen LogP contribution < -0.4 is 10.2 Å². The summed E-state index contributed by atoms with van der Waals surface area (Å²) < 4.78 is 0. The molecule has 5 rings (SSSR count). The summed E-state index contributed by atoms with van der Waals surface area (Å²) in [6.45, 7) is 0. The molecule has 1 N–H and O–H groups in total. The van der Waals surface area contributed by atoms with Gasteiger partial charge in [0.05, 0.1) is 6.04 Å². The summed E-state index contributed by atoms with van der Waals surface area (Å²) >= 11 is 0. The summed E-state index contributed by atoms with van der Waals surface area (Å²) in [6, 6.07) is 26.8. The number of benzene rings is 3. The molecule has 0 radical (unpaired) electrons. The minimum Gasteiger partial charge on any atom is -0.378 e. The summed E-state index contributed by atoms with van der Waals surface area (Å²) in [4.78, 5) is 14.8. The molecule has 0 saturated heterocycles. The van der Waals surface area contributed by atoms with Gasteiger partial charge in [0.15, 0.2) is 0 Å². The van der Waals surface area contributed by atoms with Crippen LogP contribution in [0.3, 0.4) is 0 Å². The summed E-state index contributed by atoms with van der Waals surface area (Å²) in [5, 5.41) is 3.75.